The zero-order valence-electron chi connectivity index (χ0n) is 15.5. The lowest BCUT2D eigenvalue weighted by Gasteiger charge is -2.32. The molecule has 0 amide bonds. The van der Waals surface area contributed by atoms with Crippen molar-refractivity contribution in [3.05, 3.63) is 30.7 Å². The number of rotatable bonds is 6. The van der Waals surface area contributed by atoms with Crippen molar-refractivity contribution in [2.45, 2.75) is 12.8 Å². The average Bonchev–Trinajstić information content (AvgIpc) is 3.08. The lowest BCUT2D eigenvalue weighted by molar-refractivity contribution is 0.144. The third kappa shape index (κ3) is 3.91. The fourth-order valence-electron chi connectivity index (χ4n) is 3.69. The monoisotopic (exact) mass is 367 g/mol. The van der Waals surface area contributed by atoms with Gasteiger partial charge in [0.15, 0.2) is 11.5 Å². The third-order valence-electron chi connectivity index (χ3n) is 5.11. The Balaban J connectivity index is 1.57. The Kier molecular flexibility index (Phi) is 5.26. The van der Waals surface area contributed by atoms with Crippen LogP contribution in [0.2, 0.25) is 0 Å². The molecule has 2 N–H and O–H groups in total. The molecule has 1 aliphatic rings. The molecular formula is C19H25N7O. The Labute approximate surface area is 158 Å². The number of fused-ring (bicyclic) bond motifs is 1. The molecule has 1 saturated heterocycles. The van der Waals surface area contributed by atoms with E-state index < -0.39 is 0 Å². The highest BCUT2D eigenvalue weighted by Crippen LogP contribution is 2.25. The van der Waals surface area contributed by atoms with E-state index in [0.717, 1.165) is 48.6 Å². The summed E-state index contributed by atoms with van der Waals surface area (Å²) in [4.78, 5) is 15.9. The molecule has 0 aromatic carbocycles. The van der Waals surface area contributed by atoms with Crippen LogP contribution in [0.3, 0.4) is 0 Å². The summed E-state index contributed by atoms with van der Waals surface area (Å²) in [7, 11) is 1.89. The molecule has 0 radical (unpaired) electrons. The number of piperidine rings is 1. The van der Waals surface area contributed by atoms with Gasteiger partial charge >= 0.3 is 0 Å². The summed E-state index contributed by atoms with van der Waals surface area (Å²) in [5.74, 6) is 2.03. The number of hydrogen-bond donors (Lipinski definition) is 2. The first-order chi connectivity index (χ1) is 13.2. The molecule has 0 spiro atoms. The van der Waals surface area contributed by atoms with Crippen LogP contribution in [0.4, 0.5) is 5.82 Å². The van der Waals surface area contributed by atoms with E-state index in [-0.39, 0.29) is 6.61 Å². The Morgan fingerprint density at radius 1 is 1.26 bits per heavy atom. The average molecular weight is 367 g/mol. The number of anilines is 1. The molecule has 27 heavy (non-hydrogen) atoms. The maximum absolute atomic E-state index is 9.18. The van der Waals surface area contributed by atoms with Crippen LogP contribution in [0.5, 0.6) is 0 Å². The Morgan fingerprint density at radius 3 is 2.93 bits per heavy atom. The minimum absolute atomic E-state index is 0.220. The largest absolute Gasteiger partial charge is 0.395 e. The molecule has 1 fully saturated rings. The molecule has 0 saturated carbocycles. The van der Waals surface area contributed by atoms with E-state index in [0.29, 0.717) is 11.7 Å². The van der Waals surface area contributed by atoms with Crippen molar-refractivity contribution >= 4 is 16.9 Å². The third-order valence-corrected chi connectivity index (χ3v) is 5.11. The van der Waals surface area contributed by atoms with E-state index in [9.17, 15) is 5.11 Å². The van der Waals surface area contributed by atoms with Gasteiger partial charge in [0.25, 0.3) is 0 Å². The lowest BCUT2D eigenvalue weighted by Crippen LogP contribution is -2.39. The summed E-state index contributed by atoms with van der Waals surface area (Å²) in [5.41, 5.74) is 1.74. The normalized spacial score (nSPS) is 18.1. The standard InChI is InChI=1S/C19H25N7O/c1-25-19-16(12-22-25)18(23-17(24-19)15-4-6-20-7-5-15)21-11-14-3-2-8-26(13-14)9-10-27/h4-7,12,14,27H,2-3,8-11,13H2,1H3,(H,21,23,24)/t14-/m0/s1. The molecule has 8 heteroatoms. The van der Waals surface area contributed by atoms with Gasteiger partial charge in [-0.2, -0.15) is 5.10 Å². The number of pyridine rings is 1. The molecule has 0 aliphatic carbocycles. The van der Waals surface area contributed by atoms with E-state index >= 15 is 0 Å². The van der Waals surface area contributed by atoms with Gasteiger partial charge in [-0.25, -0.2) is 9.97 Å². The summed E-state index contributed by atoms with van der Waals surface area (Å²) in [6, 6.07) is 3.82. The smallest absolute Gasteiger partial charge is 0.164 e. The van der Waals surface area contributed by atoms with Gasteiger partial charge in [0.1, 0.15) is 5.82 Å². The highest BCUT2D eigenvalue weighted by atomic mass is 16.3. The van der Waals surface area contributed by atoms with Crippen LogP contribution in [0.1, 0.15) is 12.8 Å². The minimum atomic E-state index is 0.220. The zero-order chi connectivity index (χ0) is 18.6. The number of aliphatic hydroxyl groups is 1. The molecular weight excluding hydrogens is 342 g/mol. The number of nitrogens with one attached hydrogen (secondary N) is 1. The van der Waals surface area contributed by atoms with Crippen molar-refractivity contribution in [2.75, 3.05) is 38.1 Å². The van der Waals surface area contributed by atoms with E-state index in [1.54, 1.807) is 17.1 Å². The summed E-state index contributed by atoms with van der Waals surface area (Å²) in [6.45, 7) is 3.90. The van der Waals surface area contributed by atoms with Crippen molar-refractivity contribution in [3.8, 4) is 11.4 Å². The van der Waals surface area contributed by atoms with Crippen LogP contribution in [0, 0.1) is 5.92 Å². The Bertz CT molecular complexity index is 894. The second-order valence-corrected chi connectivity index (χ2v) is 7.05. The van der Waals surface area contributed by atoms with E-state index in [4.69, 9.17) is 4.98 Å². The predicted octanol–water partition coefficient (Wildman–Crippen LogP) is 1.54. The lowest BCUT2D eigenvalue weighted by atomic mass is 9.98. The minimum Gasteiger partial charge on any atom is -0.395 e. The molecule has 1 aliphatic heterocycles. The number of aromatic nitrogens is 5. The Morgan fingerprint density at radius 2 is 2.11 bits per heavy atom. The molecule has 8 nitrogen and oxygen atoms in total. The van der Waals surface area contributed by atoms with Gasteiger partial charge in [0, 0.05) is 44.6 Å². The van der Waals surface area contributed by atoms with Crippen molar-refractivity contribution in [3.63, 3.8) is 0 Å². The number of aryl methyl sites for hydroxylation is 1. The fraction of sp³-hybridized carbons (Fsp3) is 0.474. The molecule has 3 aromatic rings. The maximum atomic E-state index is 9.18. The SMILES string of the molecule is Cn1ncc2c(NC[C@@H]3CCCN(CCO)C3)nc(-c3ccncc3)nc21. The molecule has 4 heterocycles. The highest BCUT2D eigenvalue weighted by molar-refractivity contribution is 5.88. The summed E-state index contributed by atoms with van der Waals surface area (Å²) < 4.78 is 1.77. The number of β-amino-alcohol motifs (C(OH)–C–C–N with tert-alkyl or cyclic N) is 1. The van der Waals surface area contributed by atoms with Gasteiger partial charge in [0.05, 0.1) is 18.2 Å². The molecule has 0 bridgehead atoms. The van der Waals surface area contributed by atoms with Crippen LogP contribution in [-0.2, 0) is 7.05 Å². The summed E-state index contributed by atoms with van der Waals surface area (Å²) in [5, 5.41) is 18.0. The van der Waals surface area contributed by atoms with Crippen LogP contribution in [0.15, 0.2) is 30.7 Å². The van der Waals surface area contributed by atoms with E-state index in [1.807, 2.05) is 25.4 Å². The number of aliphatic hydroxyl groups excluding tert-OH is 1. The summed E-state index contributed by atoms with van der Waals surface area (Å²) >= 11 is 0. The molecule has 0 unspecified atom stereocenters. The molecule has 142 valence electrons. The van der Waals surface area contributed by atoms with Crippen molar-refractivity contribution in [1.82, 2.24) is 29.6 Å². The van der Waals surface area contributed by atoms with Crippen LogP contribution in [0.25, 0.3) is 22.4 Å². The van der Waals surface area contributed by atoms with Gasteiger partial charge < -0.3 is 15.3 Å². The predicted molar refractivity (Wildman–Crippen MR) is 104 cm³/mol. The van der Waals surface area contributed by atoms with Gasteiger partial charge in [-0.1, -0.05) is 0 Å². The van der Waals surface area contributed by atoms with E-state index in [1.165, 1.54) is 12.8 Å². The summed E-state index contributed by atoms with van der Waals surface area (Å²) in [6.07, 6.45) is 7.66. The second kappa shape index (κ2) is 7.98. The maximum Gasteiger partial charge on any atom is 0.164 e. The topological polar surface area (TPSA) is 92.0 Å². The molecule has 4 rings (SSSR count). The van der Waals surface area contributed by atoms with Gasteiger partial charge in [0.2, 0.25) is 0 Å². The number of likely N-dealkylation sites (tertiary alicyclic amines) is 1. The second-order valence-electron chi connectivity index (χ2n) is 7.05. The van der Waals surface area contributed by atoms with Crippen molar-refractivity contribution in [2.24, 2.45) is 13.0 Å². The molecule has 1 atom stereocenters. The van der Waals surface area contributed by atoms with Gasteiger partial charge in [-0.3, -0.25) is 9.67 Å². The quantitative estimate of drug-likeness (QED) is 0.683. The zero-order valence-corrected chi connectivity index (χ0v) is 15.5. The first-order valence-electron chi connectivity index (χ1n) is 9.42. The van der Waals surface area contributed by atoms with Crippen molar-refractivity contribution in [1.29, 1.82) is 0 Å². The van der Waals surface area contributed by atoms with Crippen LogP contribution < -0.4 is 5.32 Å². The highest BCUT2D eigenvalue weighted by Gasteiger charge is 2.20. The van der Waals surface area contributed by atoms with E-state index in [2.05, 4.69) is 25.3 Å². The first kappa shape index (κ1) is 17.8. The van der Waals surface area contributed by atoms with Crippen LogP contribution >= 0.6 is 0 Å². The van der Waals surface area contributed by atoms with Crippen LogP contribution in [-0.4, -0.2) is 67.5 Å². The Hall–Kier alpha value is -2.58. The number of hydrogen-bond acceptors (Lipinski definition) is 7. The number of nitrogens with zero attached hydrogens (tertiary/aromatic N) is 6. The van der Waals surface area contributed by atoms with Gasteiger partial charge in [-0.05, 0) is 37.4 Å². The van der Waals surface area contributed by atoms with Gasteiger partial charge in [-0.15, -0.1) is 0 Å². The first-order valence-corrected chi connectivity index (χ1v) is 9.42. The molecule has 3 aromatic heterocycles. The fourth-order valence-corrected chi connectivity index (χ4v) is 3.69. The van der Waals surface area contributed by atoms with Crippen molar-refractivity contribution < 1.29 is 5.11 Å².